The summed E-state index contributed by atoms with van der Waals surface area (Å²) in [6, 6.07) is 16.4. The molecule has 0 aliphatic heterocycles. The molecule has 0 heterocycles. The van der Waals surface area contributed by atoms with Gasteiger partial charge in [-0.3, -0.25) is 9.59 Å². The zero-order valence-corrected chi connectivity index (χ0v) is 15.5. The van der Waals surface area contributed by atoms with Crippen LogP contribution < -0.4 is 15.4 Å². The van der Waals surface area contributed by atoms with Gasteiger partial charge >= 0.3 is 0 Å². The largest absolute Gasteiger partial charge is 0.488 e. The highest BCUT2D eigenvalue weighted by atomic mass is 19.1. The van der Waals surface area contributed by atoms with Gasteiger partial charge in [-0.25, -0.2) is 8.78 Å². The Labute approximate surface area is 166 Å². The SMILES string of the molecule is CC(=O)Nc1cc(NC(=O)c2ccccc2OCc2ccc(F)cc2)ccc1F. The Bertz CT molecular complexity index is 1040. The van der Waals surface area contributed by atoms with Crippen LogP contribution in [0.3, 0.4) is 0 Å². The summed E-state index contributed by atoms with van der Waals surface area (Å²) >= 11 is 0. The van der Waals surface area contributed by atoms with Crippen LogP contribution in [0.4, 0.5) is 20.2 Å². The van der Waals surface area contributed by atoms with Crippen LogP contribution in [-0.4, -0.2) is 11.8 Å². The van der Waals surface area contributed by atoms with E-state index in [1.165, 1.54) is 31.2 Å². The Hall–Kier alpha value is -3.74. The number of para-hydroxylation sites is 1. The molecule has 2 N–H and O–H groups in total. The summed E-state index contributed by atoms with van der Waals surface area (Å²) in [5.74, 6) is -1.49. The fourth-order valence-corrected chi connectivity index (χ4v) is 2.61. The molecular weight excluding hydrogens is 378 g/mol. The van der Waals surface area contributed by atoms with Gasteiger partial charge in [0.05, 0.1) is 11.3 Å². The Morgan fingerprint density at radius 1 is 0.931 bits per heavy atom. The van der Waals surface area contributed by atoms with E-state index in [0.29, 0.717) is 11.4 Å². The number of carbonyl (C=O) groups is 2. The number of hydrogen-bond acceptors (Lipinski definition) is 3. The third-order valence-electron chi connectivity index (χ3n) is 3.97. The van der Waals surface area contributed by atoms with Crippen molar-refractivity contribution in [3.05, 3.63) is 89.5 Å². The van der Waals surface area contributed by atoms with Crippen LogP contribution in [0.2, 0.25) is 0 Å². The first kappa shape index (κ1) is 20.0. The number of nitrogens with one attached hydrogen (secondary N) is 2. The molecule has 0 aromatic heterocycles. The molecule has 0 spiro atoms. The minimum Gasteiger partial charge on any atom is -0.488 e. The van der Waals surface area contributed by atoms with Crippen LogP contribution in [0.25, 0.3) is 0 Å². The number of anilines is 2. The van der Waals surface area contributed by atoms with Crippen LogP contribution in [-0.2, 0) is 11.4 Å². The second kappa shape index (κ2) is 8.97. The van der Waals surface area contributed by atoms with Crippen molar-refractivity contribution in [2.24, 2.45) is 0 Å². The molecule has 0 saturated heterocycles. The molecule has 2 amide bonds. The van der Waals surface area contributed by atoms with E-state index in [0.717, 1.165) is 11.6 Å². The summed E-state index contributed by atoms with van der Waals surface area (Å²) in [5, 5.41) is 5.02. The van der Waals surface area contributed by atoms with Crippen LogP contribution in [0.1, 0.15) is 22.8 Å². The monoisotopic (exact) mass is 396 g/mol. The first-order chi connectivity index (χ1) is 13.9. The lowest BCUT2D eigenvalue weighted by atomic mass is 10.1. The quantitative estimate of drug-likeness (QED) is 0.632. The molecule has 0 bridgehead atoms. The lowest BCUT2D eigenvalue weighted by Crippen LogP contribution is -2.14. The number of hydrogen-bond donors (Lipinski definition) is 2. The first-order valence-corrected chi connectivity index (χ1v) is 8.77. The summed E-state index contributed by atoms with van der Waals surface area (Å²) in [6.07, 6.45) is 0. The van der Waals surface area contributed by atoms with E-state index < -0.39 is 17.6 Å². The first-order valence-electron chi connectivity index (χ1n) is 8.77. The zero-order valence-electron chi connectivity index (χ0n) is 15.5. The average molecular weight is 396 g/mol. The standard InChI is InChI=1S/C22H18F2N2O3/c1-14(27)25-20-12-17(10-11-19(20)24)26-22(28)18-4-2-3-5-21(18)29-13-15-6-8-16(23)9-7-15/h2-12H,13H2,1H3,(H,25,27)(H,26,28). The lowest BCUT2D eigenvalue weighted by Gasteiger charge is -2.13. The highest BCUT2D eigenvalue weighted by Crippen LogP contribution is 2.23. The van der Waals surface area contributed by atoms with Gasteiger partial charge in [0.2, 0.25) is 5.91 Å². The van der Waals surface area contributed by atoms with Crippen molar-refractivity contribution < 1.29 is 23.1 Å². The van der Waals surface area contributed by atoms with E-state index >= 15 is 0 Å². The van der Waals surface area contributed by atoms with E-state index in [2.05, 4.69) is 10.6 Å². The highest BCUT2D eigenvalue weighted by molar-refractivity contribution is 6.06. The van der Waals surface area contributed by atoms with E-state index in [4.69, 9.17) is 4.74 Å². The smallest absolute Gasteiger partial charge is 0.259 e. The number of rotatable bonds is 6. The van der Waals surface area contributed by atoms with Crippen LogP contribution in [0.15, 0.2) is 66.7 Å². The maximum atomic E-state index is 13.8. The van der Waals surface area contributed by atoms with Gasteiger partial charge in [-0.15, -0.1) is 0 Å². The average Bonchev–Trinajstić information content (AvgIpc) is 2.70. The lowest BCUT2D eigenvalue weighted by molar-refractivity contribution is -0.114. The van der Waals surface area contributed by atoms with Gasteiger partial charge in [0.15, 0.2) is 0 Å². The molecule has 0 saturated carbocycles. The van der Waals surface area contributed by atoms with Crippen LogP contribution >= 0.6 is 0 Å². The van der Waals surface area contributed by atoms with E-state index in [9.17, 15) is 18.4 Å². The molecule has 0 atom stereocenters. The molecule has 7 heteroatoms. The molecule has 0 aliphatic carbocycles. The van der Waals surface area contributed by atoms with Gasteiger partial charge in [-0.05, 0) is 48.0 Å². The maximum Gasteiger partial charge on any atom is 0.259 e. The van der Waals surface area contributed by atoms with Crippen molar-refractivity contribution in [3.8, 4) is 5.75 Å². The van der Waals surface area contributed by atoms with Gasteiger partial charge in [-0.1, -0.05) is 24.3 Å². The third-order valence-corrected chi connectivity index (χ3v) is 3.97. The van der Waals surface area contributed by atoms with Crippen molar-refractivity contribution >= 4 is 23.2 Å². The Morgan fingerprint density at radius 3 is 2.38 bits per heavy atom. The maximum absolute atomic E-state index is 13.8. The van der Waals surface area contributed by atoms with Gasteiger partial charge in [-0.2, -0.15) is 0 Å². The summed E-state index contributed by atoms with van der Waals surface area (Å²) in [4.78, 5) is 23.9. The summed E-state index contributed by atoms with van der Waals surface area (Å²) in [5.41, 5.74) is 1.31. The van der Waals surface area contributed by atoms with E-state index in [1.54, 1.807) is 36.4 Å². The number of carbonyl (C=O) groups excluding carboxylic acids is 2. The summed E-state index contributed by atoms with van der Waals surface area (Å²) in [6.45, 7) is 1.42. The Morgan fingerprint density at radius 2 is 1.66 bits per heavy atom. The molecule has 29 heavy (non-hydrogen) atoms. The fourth-order valence-electron chi connectivity index (χ4n) is 2.61. The second-order valence-corrected chi connectivity index (χ2v) is 6.24. The van der Waals surface area contributed by atoms with Crippen molar-refractivity contribution in [2.75, 3.05) is 10.6 Å². The topological polar surface area (TPSA) is 67.4 Å². The zero-order chi connectivity index (χ0) is 20.8. The van der Waals surface area contributed by atoms with Crippen molar-refractivity contribution in [2.45, 2.75) is 13.5 Å². The molecular formula is C22H18F2N2O3. The molecule has 0 aliphatic rings. The predicted octanol–water partition coefficient (Wildman–Crippen LogP) is 4.75. The van der Waals surface area contributed by atoms with Crippen molar-refractivity contribution in [1.29, 1.82) is 0 Å². The third kappa shape index (κ3) is 5.38. The number of benzene rings is 3. The van der Waals surface area contributed by atoms with Gasteiger partial charge < -0.3 is 15.4 Å². The molecule has 3 rings (SSSR count). The van der Waals surface area contributed by atoms with Crippen LogP contribution in [0, 0.1) is 11.6 Å². The van der Waals surface area contributed by atoms with Crippen molar-refractivity contribution in [1.82, 2.24) is 0 Å². The molecule has 148 valence electrons. The van der Waals surface area contributed by atoms with E-state index in [1.807, 2.05) is 0 Å². The minimum atomic E-state index is -0.610. The van der Waals surface area contributed by atoms with Gasteiger partial charge in [0.1, 0.15) is 24.0 Å². The van der Waals surface area contributed by atoms with Gasteiger partial charge in [0.25, 0.3) is 5.91 Å². The molecule has 0 fully saturated rings. The number of amides is 2. The number of ether oxygens (including phenoxy) is 1. The number of halogens is 2. The second-order valence-electron chi connectivity index (χ2n) is 6.24. The van der Waals surface area contributed by atoms with Gasteiger partial charge in [0, 0.05) is 12.6 Å². The summed E-state index contributed by atoms with van der Waals surface area (Å²) in [7, 11) is 0. The summed E-state index contributed by atoms with van der Waals surface area (Å²) < 4.78 is 32.5. The fraction of sp³-hybridized carbons (Fsp3) is 0.0909. The molecule has 0 radical (unpaired) electrons. The molecule has 3 aromatic rings. The van der Waals surface area contributed by atoms with E-state index in [-0.39, 0.29) is 23.7 Å². The Balaban J connectivity index is 1.74. The highest BCUT2D eigenvalue weighted by Gasteiger charge is 2.14. The predicted molar refractivity (Wildman–Crippen MR) is 106 cm³/mol. The molecule has 5 nitrogen and oxygen atoms in total. The Kier molecular flexibility index (Phi) is 6.19. The molecule has 0 unspecified atom stereocenters. The van der Waals surface area contributed by atoms with Crippen molar-refractivity contribution in [3.63, 3.8) is 0 Å². The minimum absolute atomic E-state index is 0.0313. The van der Waals surface area contributed by atoms with Crippen LogP contribution in [0.5, 0.6) is 5.75 Å². The normalized spacial score (nSPS) is 10.3. The molecule has 3 aromatic carbocycles.